The smallest absolute Gasteiger partial charge is 0.0468 e. The molecule has 0 saturated heterocycles. The van der Waals surface area contributed by atoms with Gasteiger partial charge < -0.3 is 9.80 Å². The molecule has 0 radical (unpaired) electrons. The molecule has 14 rings (SSSR count). The molecule has 0 N–H and O–H groups in total. The lowest BCUT2D eigenvalue weighted by Crippen LogP contribution is -2.16. The van der Waals surface area contributed by atoms with Gasteiger partial charge in [0.05, 0.1) is 0 Å². The fraction of sp³-hybridized carbons (Fsp3) is 0.0811. The van der Waals surface area contributed by atoms with E-state index in [9.17, 15) is 0 Å². The fourth-order valence-electron chi connectivity index (χ4n) is 12.5. The standard InChI is InChI=1S/C74H56N2/c1-73(2)69-25-11-9-23-65(69)67-41-39-63(47-71(67)73)75(61-37-35-49-15-5-7-17-55(49)45-61)59-21-13-19-57(43-59)53-31-27-51(28-32-53)52-29-33-54(34-30-52)58-20-14-22-60(44-58)76(62-38-36-50-16-6-8-18-56(50)46-62)64-40-42-68-66-24-10-12-26-70(66)74(3,4)72(68)48-64/h5-48H,1-4H3. The van der Waals surface area contributed by atoms with Gasteiger partial charge in [-0.3, -0.25) is 0 Å². The molecule has 0 amide bonds. The van der Waals surface area contributed by atoms with Crippen molar-refractivity contribution in [3.05, 3.63) is 289 Å². The fourth-order valence-corrected chi connectivity index (χ4v) is 12.5. The van der Waals surface area contributed by atoms with Gasteiger partial charge in [-0.05, 0) is 172 Å². The third-order valence-corrected chi connectivity index (χ3v) is 16.6. The van der Waals surface area contributed by atoms with Gasteiger partial charge in [-0.1, -0.05) is 222 Å². The van der Waals surface area contributed by atoms with Crippen molar-refractivity contribution < 1.29 is 0 Å². The first-order chi connectivity index (χ1) is 37.2. The first-order valence-electron chi connectivity index (χ1n) is 26.6. The van der Waals surface area contributed by atoms with E-state index in [-0.39, 0.29) is 10.8 Å². The monoisotopic (exact) mass is 972 g/mol. The molecule has 2 aliphatic rings. The van der Waals surface area contributed by atoms with Crippen LogP contribution in [0, 0.1) is 0 Å². The van der Waals surface area contributed by atoms with E-state index in [2.05, 4.69) is 304 Å². The molecule has 0 saturated carbocycles. The maximum atomic E-state index is 2.43. The second kappa shape index (κ2) is 17.7. The molecule has 0 spiro atoms. The molecule has 362 valence electrons. The third-order valence-electron chi connectivity index (χ3n) is 16.6. The summed E-state index contributed by atoms with van der Waals surface area (Å²) < 4.78 is 0. The van der Waals surface area contributed by atoms with Crippen molar-refractivity contribution in [2.75, 3.05) is 9.80 Å². The van der Waals surface area contributed by atoms with Gasteiger partial charge in [0.15, 0.2) is 0 Å². The van der Waals surface area contributed by atoms with Crippen LogP contribution in [0.2, 0.25) is 0 Å². The molecule has 12 aromatic rings. The Morgan fingerprint density at radius 2 is 0.526 bits per heavy atom. The first kappa shape index (κ1) is 45.4. The largest absolute Gasteiger partial charge is 0.310 e. The number of benzene rings is 12. The van der Waals surface area contributed by atoms with Crippen LogP contribution in [-0.2, 0) is 10.8 Å². The molecular formula is C74H56N2. The van der Waals surface area contributed by atoms with Crippen LogP contribution >= 0.6 is 0 Å². The molecule has 0 unspecified atom stereocenters. The Balaban J connectivity index is 0.769. The maximum Gasteiger partial charge on any atom is 0.0468 e. The second-order valence-corrected chi connectivity index (χ2v) is 21.8. The van der Waals surface area contributed by atoms with E-state index in [1.54, 1.807) is 0 Å². The van der Waals surface area contributed by atoms with Crippen molar-refractivity contribution >= 4 is 55.7 Å². The first-order valence-corrected chi connectivity index (χ1v) is 26.6. The van der Waals surface area contributed by atoms with Gasteiger partial charge in [-0.15, -0.1) is 0 Å². The Labute approximate surface area is 446 Å². The van der Waals surface area contributed by atoms with Crippen molar-refractivity contribution in [2.45, 2.75) is 38.5 Å². The lowest BCUT2D eigenvalue weighted by Gasteiger charge is -2.28. The van der Waals surface area contributed by atoms with Gasteiger partial charge in [0, 0.05) is 45.0 Å². The second-order valence-electron chi connectivity index (χ2n) is 21.8. The summed E-state index contributed by atoms with van der Waals surface area (Å²) in [7, 11) is 0. The zero-order chi connectivity index (χ0) is 51.1. The van der Waals surface area contributed by atoms with E-state index in [0.717, 1.165) is 34.1 Å². The van der Waals surface area contributed by atoms with Crippen molar-refractivity contribution in [3.8, 4) is 55.6 Å². The van der Waals surface area contributed by atoms with E-state index in [1.807, 2.05) is 0 Å². The molecule has 0 atom stereocenters. The Bertz CT molecular complexity index is 3960. The zero-order valence-corrected chi connectivity index (χ0v) is 43.3. The molecule has 12 aromatic carbocycles. The lowest BCUT2D eigenvalue weighted by molar-refractivity contribution is 0.660. The topological polar surface area (TPSA) is 6.48 Å². The van der Waals surface area contributed by atoms with Crippen LogP contribution in [0.1, 0.15) is 49.9 Å². The highest BCUT2D eigenvalue weighted by atomic mass is 15.1. The molecule has 0 fully saturated rings. The average molecular weight is 973 g/mol. The predicted molar refractivity (Wildman–Crippen MR) is 322 cm³/mol. The van der Waals surface area contributed by atoms with Gasteiger partial charge in [0.25, 0.3) is 0 Å². The molecule has 2 nitrogen and oxygen atoms in total. The summed E-state index contributed by atoms with van der Waals surface area (Å²) in [6.45, 7) is 9.43. The van der Waals surface area contributed by atoms with Gasteiger partial charge in [0.1, 0.15) is 0 Å². The predicted octanol–water partition coefficient (Wildman–Crippen LogP) is 20.5. The maximum absolute atomic E-state index is 2.43. The number of hydrogen-bond donors (Lipinski definition) is 0. The third kappa shape index (κ3) is 7.55. The molecule has 0 heterocycles. The van der Waals surface area contributed by atoms with Gasteiger partial charge in [-0.2, -0.15) is 0 Å². The molecule has 0 aliphatic heterocycles. The SMILES string of the molecule is CC1(C)c2ccccc2-c2ccc(N(c3cccc(-c4ccc(-c5ccc(-c6cccc(N(c7ccc8c(c7)C(C)(C)c7ccccc7-8)c7ccc8ccccc8c7)c6)cc5)cc4)c3)c3ccc4ccccc4c3)cc21. The Hall–Kier alpha value is -9.24. The van der Waals surface area contributed by atoms with E-state index < -0.39 is 0 Å². The van der Waals surface area contributed by atoms with Crippen molar-refractivity contribution in [3.63, 3.8) is 0 Å². The summed E-state index contributed by atoms with van der Waals surface area (Å²) in [6.07, 6.45) is 0. The number of fused-ring (bicyclic) bond motifs is 8. The minimum absolute atomic E-state index is 0.109. The van der Waals surface area contributed by atoms with Gasteiger partial charge >= 0.3 is 0 Å². The normalized spacial score (nSPS) is 13.5. The molecule has 76 heavy (non-hydrogen) atoms. The minimum Gasteiger partial charge on any atom is -0.310 e. The van der Waals surface area contributed by atoms with Crippen molar-refractivity contribution in [1.29, 1.82) is 0 Å². The van der Waals surface area contributed by atoms with Crippen LogP contribution in [0.5, 0.6) is 0 Å². The van der Waals surface area contributed by atoms with Gasteiger partial charge in [0.2, 0.25) is 0 Å². The van der Waals surface area contributed by atoms with Crippen LogP contribution in [0.25, 0.3) is 77.2 Å². The molecule has 2 aliphatic carbocycles. The molecular weight excluding hydrogens is 917 g/mol. The Morgan fingerprint density at radius 3 is 0.947 bits per heavy atom. The summed E-state index contributed by atoms with van der Waals surface area (Å²) in [6, 6.07) is 98.9. The van der Waals surface area contributed by atoms with E-state index in [4.69, 9.17) is 0 Å². The lowest BCUT2D eigenvalue weighted by atomic mass is 9.82. The minimum atomic E-state index is -0.109. The summed E-state index contributed by atoms with van der Waals surface area (Å²) >= 11 is 0. The Kier molecular flexibility index (Phi) is 10.6. The van der Waals surface area contributed by atoms with Crippen LogP contribution in [0.4, 0.5) is 34.1 Å². The average Bonchev–Trinajstić information content (AvgIpc) is 3.92. The highest BCUT2D eigenvalue weighted by molar-refractivity contribution is 5.94. The summed E-state index contributed by atoms with van der Waals surface area (Å²) in [4.78, 5) is 4.85. The number of anilines is 6. The number of nitrogens with zero attached hydrogens (tertiary/aromatic N) is 2. The molecule has 2 heteroatoms. The van der Waals surface area contributed by atoms with E-state index in [1.165, 1.54) is 99.4 Å². The zero-order valence-electron chi connectivity index (χ0n) is 43.3. The highest BCUT2D eigenvalue weighted by Crippen LogP contribution is 2.53. The van der Waals surface area contributed by atoms with Crippen LogP contribution in [0.15, 0.2) is 267 Å². The highest BCUT2D eigenvalue weighted by Gasteiger charge is 2.37. The number of hydrogen-bond acceptors (Lipinski definition) is 2. The van der Waals surface area contributed by atoms with E-state index >= 15 is 0 Å². The van der Waals surface area contributed by atoms with Crippen molar-refractivity contribution in [1.82, 2.24) is 0 Å². The quantitative estimate of drug-likeness (QED) is 0.142. The van der Waals surface area contributed by atoms with Crippen LogP contribution in [-0.4, -0.2) is 0 Å². The number of rotatable bonds is 9. The van der Waals surface area contributed by atoms with Crippen LogP contribution < -0.4 is 9.80 Å². The van der Waals surface area contributed by atoms with Crippen LogP contribution in [0.3, 0.4) is 0 Å². The Morgan fingerprint density at radius 1 is 0.211 bits per heavy atom. The molecule has 0 bridgehead atoms. The van der Waals surface area contributed by atoms with E-state index in [0.29, 0.717) is 0 Å². The molecule has 0 aromatic heterocycles. The summed E-state index contributed by atoms with van der Waals surface area (Å²) in [5.74, 6) is 0. The van der Waals surface area contributed by atoms with Crippen molar-refractivity contribution in [2.24, 2.45) is 0 Å². The summed E-state index contributed by atoms with van der Waals surface area (Å²) in [5.41, 5.74) is 24.4. The summed E-state index contributed by atoms with van der Waals surface area (Å²) in [5, 5.41) is 4.91. The van der Waals surface area contributed by atoms with Gasteiger partial charge in [-0.25, -0.2) is 0 Å².